The summed E-state index contributed by atoms with van der Waals surface area (Å²) in [5.41, 5.74) is 0. The van der Waals surface area contributed by atoms with Gasteiger partial charge in [0.2, 0.25) is 0 Å². The summed E-state index contributed by atoms with van der Waals surface area (Å²) >= 11 is 0. The maximum absolute atomic E-state index is 12.0. The molecule has 0 aromatic heterocycles. The van der Waals surface area contributed by atoms with Crippen LogP contribution in [0.25, 0.3) is 0 Å². The molecule has 0 amide bonds. The summed E-state index contributed by atoms with van der Waals surface area (Å²) in [5, 5.41) is 12.6. The fourth-order valence-corrected chi connectivity index (χ4v) is 4.23. The molecular weight excluding hydrogens is 238 g/mol. The Labute approximate surface area is 105 Å². The lowest BCUT2D eigenvalue weighted by Crippen LogP contribution is -2.36. The molecule has 0 aromatic rings. The number of aliphatic hydroxyl groups excluding tert-OH is 1. The topological polar surface area (TPSA) is 66.4 Å². The maximum atomic E-state index is 12.0. The number of nitrogens with one attached hydrogen (secondary N) is 1. The van der Waals surface area contributed by atoms with Crippen molar-refractivity contribution in [2.24, 2.45) is 5.92 Å². The highest BCUT2D eigenvalue weighted by molar-refractivity contribution is 7.92. The van der Waals surface area contributed by atoms with Crippen molar-refractivity contribution in [1.82, 2.24) is 5.32 Å². The van der Waals surface area contributed by atoms with Crippen molar-refractivity contribution >= 4 is 9.84 Å². The van der Waals surface area contributed by atoms with E-state index in [0.717, 1.165) is 32.2 Å². The van der Waals surface area contributed by atoms with E-state index in [1.807, 2.05) is 0 Å². The first-order valence-corrected chi connectivity index (χ1v) is 8.23. The highest BCUT2D eigenvalue weighted by Gasteiger charge is 2.30. The highest BCUT2D eigenvalue weighted by atomic mass is 32.2. The molecule has 0 spiro atoms. The highest BCUT2D eigenvalue weighted by Crippen LogP contribution is 2.25. The molecule has 102 valence electrons. The van der Waals surface area contributed by atoms with E-state index in [4.69, 9.17) is 0 Å². The first kappa shape index (κ1) is 14.9. The molecule has 1 saturated carbocycles. The number of hydrogen-bond acceptors (Lipinski definition) is 4. The molecule has 0 bridgehead atoms. The van der Waals surface area contributed by atoms with E-state index < -0.39 is 15.9 Å². The summed E-state index contributed by atoms with van der Waals surface area (Å²) in [4.78, 5) is 0. The Morgan fingerprint density at radius 3 is 2.35 bits per heavy atom. The predicted octanol–water partition coefficient (Wildman–Crippen LogP) is 0.950. The van der Waals surface area contributed by atoms with Crippen LogP contribution in [-0.2, 0) is 9.84 Å². The second-order valence-electron chi connectivity index (χ2n) is 5.44. The van der Waals surface area contributed by atoms with Gasteiger partial charge in [0.25, 0.3) is 0 Å². The molecule has 1 aliphatic rings. The Balaban J connectivity index is 2.31. The van der Waals surface area contributed by atoms with Gasteiger partial charge in [-0.15, -0.1) is 0 Å². The van der Waals surface area contributed by atoms with E-state index in [1.54, 1.807) is 0 Å². The third kappa shape index (κ3) is 5.36. The molecule has 0 heterocycles. The van der Waals surface area contributed by atoms with Gasteiger partial charge in [-0.05, 0) is 25.3 Å². The Kier molecular flexibility index (Phi) is 5.89. The molecule has 1 unspecified atom stereocenters. The maximum Gasteiger partial charge on any atom is 0.155 e. The summed E-state index contributed by atoms with van der Waals surface area (Å²) in [6, 6.07) is 0. The second-order valence-corrected chi connectivity index (χ2v) is 7.77. The summed E-state index contributed by atoms with van der Waals surface area (Å²) in [6.07, 6.45) is 2.78. The van der Waals surface area contributed by atoms with Crippen LogP contribution >= 0.6 is 0 Å². The fourth-order valence-electron chi connectivity index (χ4n) is 2.25. The van der Waals surface area contributed by atoms with E-state index >= 15 is 0 Å². The van der Waals surface area contributed by atoms with Crippen LogP contribution < -0.4 is 5.32 Å². The molecule has 0 saturated heterocycles. The van der Waals surface area contributed by atoms with Gasteiger partial charge < -0.3 is 10.4 Å². The molecule has 17 heavy (non-hydrogen) atoms. The molecular formula is C12H25NO3S. The fraction of sp³-hybridized carbons (Fsp3) is 1.00. The van der Waals surface area contributed by atoms with Gasteiger partial charge >= 0.3 is 0 Å². The SMILES string of the molecule is CC(C)CNCC(O)CS(=O)(=O)C1CCCC1. The Morgan fingerprint density at radius 1 is 1.24 bits per heavy atom. The van der Waals surface area contributed by atoms with Gasteiger partial charge in [-0.2, -0.15) is 0 Å². The summed E-state index contributed by atoms with van der Waals surface area (Å²) in [6.45, 7) is 5.33. The van der Waals surface area contributed by atoms with E-state index in [9.17, 15) is 13.5 Å². The van der Waals surface area contributed by atoms with Gasteiger partial charge in [-0.25, -0.2) is 8.42 Å². The van der Waals surface area contributed by atoms with E-state index in [1.165, 1.54) is 0 Å². The molecule has 1 fully saturated rings. The van der Waals surface area contributed by atoms with Crippen LogP contribution in [0.5, 0.6) is 0 Å². The smallest absolute Gasteiger partial charge is 0.155 e. The minimum absolute atomic E-state index is 0.0945. The third-order valence-electron chi connectivity index (χ3n) is 3.17. The minimum Gasteiger partial charge on any atom is -0.391 e. The average Bonchev–Trinajstić information content (AvgIpc) is 2.68. The van der Waals surface area contributed by atoms with Crippen molar-refractivity contribution in [2.45, 2.75) is 50.9 Å². The molecule has 1 aliphatic carbocycles. The Hall–Kier alpha value is -0.130. The molecule has 0 aliphatic heterocycles. The number of rotatable bonds is 7. The van der Waals surface area contributed by atoms with Crippen LogP contribution in [0.1, 0.15) is 39.5 Å². The zero-order chi connectivity index (χ0) is 12.9. The first-order valence-electron chi connectivity index (χ1n) is 6.52. The van der Waals surface area contributed by atoms with Crippen LogP contribution in [0.4, 0.5) is 0 Å². The summed E-state index contributed by atoms with van der Waals surface area (Å²) < 4.78 is 23.9. The van der Waals surface area contributed by atoms with Gasteiger partial charge in [-0.1, -0.05) is 26.7 Å². The first-order chi connectivity index (χ1) is 7.92. The van der Waals surface area contributed by atoms with Gasteiger partial charge in [0, 0.05) is 6.54 Å². The quantitative estimate of drug-likeness (QED) is 0.718. The van der Waals surface area contributed by atoms with Crippen LogP contribution in [0.15, 0.2) is 0 Å². The van der Waals surface area contributed by atoms with Crippen molar-refractivity contribution in [3.05, 3.63) is 0 Å². The van der Waals surface area contributed by atoms with Gasteiger partial charge in [0.15, 0.2) is 9.84 Å². The largest absolute Gasteiger partial charge is 0.391 e. The molecule has 5 heteroatoms. The average molecular weight is 263 g/mol. The molecule has 1 rings (SSSR count). The van der Waals surface area contributed by atoms with Crippen molar-refractivity contribution < 1.29 is 13.5 Å². The molecule has 2 N–H and O–H groups in total. The number of sulfone groups is 1. The van der Waals surface area contributed by atoms with Crippen LogP contribution in [0, 0.1) is 5.92 Å². The molecule has 4 nitrogen and oxygen atoms in total. The Morgan fingerprint density at radius 2 is 1.82 bits per heavy atom. The van der Waals surface area contributed by atoms with Crippen LogP contribution in [-0.4, -0.2) is 43.7 Å². The summed E-state index contributed by atoms with van der Waals surface area (Å²) in [5.74, 6) is 0.414. The van der Waals surface area contributed by atoms with Gasteiger partial charge in [-0.3, -0.25) is 0 Å². The van der Waals surface area contributed by atoms with E-state index in [-0.39, 0.29) is 11.0 Å². The molecule has 1 atom stereocenters. The van der Waals surface area contributed by atoms with E-state index in [2.05, 4.69) is 19.2 Å². The second kappa shape index (κ2) is 6.71. The molecule has 0 aromatic carbocycles. The minimum atomic E-state index is -3.10. The van der Waals surface area contributed by atoms with Crippen molar-refractivity contribution in [3.8, 4) is 0 Å². The van der Waals surface area contributed by atoms with Crippen molar-refractivity contribution in [3.63, 3.8) is 0 Å². The normalized spacial score (nSPS) is 20.0. The number of hydrogen-bond donors (Lipinski definition) is 2. The van der Waals surface area contributed by atoms with Crippen molar-refractivity contribution in [2.75, 3.05) is 18.8 Å². The lowest BCUT2D eigenvalue weighted by atomic mass is 10.2. The zero-order valence-electron chi connectivity index (χ0n) is 10.9. The van der Waals surface area contributed by atoms with Gasteiger partial charge in [0.05, 0.1) is 17.1 Å². The third-order valence-corrected chi connectivity index (χ3v) is 5.50. The van der Waals surface area contributed by atoms with E-state index in [0.29, 0.717) is 12.5 Å². The monoisotopic (exact) mass is 263 g/mol. The van der Waals surface area contributed by atoms with Crippen LogP contribution in [0.3, 0.4) is 0 Å². The molecule has 0 radical (unpaired) electrons. The van der Waals surface area contributed by atoms with Gasteiger partial charge in [0.1, 0.15) is 0 Å². The summed E-state index contributed by atoms with van der Waals surface area (Å²) in [7, 11) is -3.10. The van der Waals surface area contributed by atoms with Crippen molar-refractivity contribution in [1.29, 1.82) is 0 Å². The zero-order valence-corrected chi connectivity index (χ0v) is 11.7. The number of aliphatic hydroxyl groups is 1. The lowest BCUT2D eigenvalue weighted by molar-refractivity contribution is 0.192. The van der Waals surface area contributed by atoms with Crippen LogP contribution in [0.2, 0.25) is 0 Å². The predicted molar refractivity (Wildman–Crippen MR) is 69.8 cm³/mol. The standard InChI is InChI=1S/C12H25NO3S/c1-10(2)7-13-8-11(14)9-17(15,16)12-5-3-4-6-12/h10-14H,3-9H2,1-2H3. The lowest BCUT2D eigenvalue weighted by Gasteiger charge is -2.16. The Bertz CT molecular complexity index is 308.